The zero-order valence-corrected chi connectivity index (χ0v) is 11.5. The maximum atomic E-state index is 6.03. The molecule has 1 saturated carbocycles. The molecule has 18 heavy (non-hydrogen) atoms. The molecule has 1 aliphatic carbocycles. The second kappa shape index (κ2) is 5.36. The average molecular weight is 253 g/mol. The minimum absolute atomic E-state index is 0.202. The lowest BCUT2D eigenvalue weighted by Crippen LogP contribution is -2.28. The van der Waals surface area contributed by atoms with Crippen molar-refractivity contribution >= 4 is 0 Å². The fourth-order valence-corrected chi connectivity index (χ4v) is 2.50. The summed E-state index contributed by atoms with van der Waals surface area (Å²) in [6.07, 6.45) is 4.24. The molecular formula is C13H23N3O2. The van der Waals surface area contributed by atoms with E-state index in [-0.39, 0.29) is 17.6 Å². The Morgan fingerprint density at radius 3 is 2.61 bits per heavy atom. The van der Waals surface area contributed by atoms with Gasteiger partial charge in [0.25, 0.3) is 0 Å². The number of hydrogen-bond acceptors (Lipinski definition) is 5. The summed E-state index contributed by atoms with van der Waals surface area (Å²) in [5.41, 5.74) is 5.69. The molecule has 1 aromatic heterocycles. The highest BCUT2D eigenvalue weighted by Crippen LogP contribution is 2.41. The lowest BCUT2D eigenvalue weighted by molar-refractivity contribution is -0.0469. The fourth-order valence-electron chi connectivity index (χ4n) is 2.50. The molecule has 0 spiro atoms. The molecule has 0 aliphatic heterocycles. The minimum Gasteiger partial charge on any atom is -0.367 e. The van der Waals surface area contributed by atoms with Crippen LogP contribution in [0.2, 0.25) is 0 Å². The minimum atomic E-state index is -0.340. The summed E-state index contributed by atoms with van der Waals surface area (Å²) in [6.45, 7) is 6.76. The van der Waals surface area contributed by atoms with E-state index < -0.39 is 0 Å². The van der Waals surface area contributed by atoms with Crippen molar-refractivity contribution in [3.8, 4) is 0 Å². The summed E-state index contributed by atoms with van der Waals surface area (Å²) in [6, 6.07) is -0.202. The molecule has 0 bridgehead atoms. The van der Waals surface area contributed by atoms with E-state index in [9.17, 15) is 0 Å². The van der Waals surface area contributed by atoms with Crippen molar-refractivity contribution in [2.75, 3.05) is 6.61 Å². The molecule has 5 nitrogen and oxygen atoms in total. The number of rotatable bonds is 5. The first-order valence-corrected chi connectivity index (χ1v) is 6.82. The van der Waals surface area contributed by atoms with Gasteiger partial charge in [0.2, 0.25) is 11.7 Å². The van der Waals surface area contributed by atoms with Crippen LogP contribution in [0.3, 0.4) is 0 Å². The predicted molar refractivity (Wildman–Crippen MR) is 67.8 cm³/mol. The van der Waals surface area contributed by atoms with Gasteiger partial charge in [-0.25, -0.2) is 0 Å². The van der Waals surface area contributed by atoms with E-state index in [0.717, 1.165) is 25.7 Å². The SMILES string of the molecule is CCOC1(c2noc(C(N)C(C)C)n2)CCCC1. The lowest BCUT2D eigenvalue weighted by atomic mass is 10.0. The summed E-state index contributed by atoms with van der Waals surface area (Å²) in [7, 11) is 0. The first-order chi connectivity index (χ1) is 8.59. The monoisotopic (exact) mass is 253 g/mol. The topological polar surface area (TPSA) is 74.2 Å². The van der Waals surface area contributed by atoms with E-state index in [2.05, 4.69) is 10.1 Å². The fraction of sp³-hybridized carbons (Fsp3) is 0.846. The maximum Gasteiger partial charge on any atom is 0.243 e. The largest absolute Gasteiger partial charge is 0.367 e. The highest BCUT2D eigenvalue weighted by molar-refractivity contribution is 5.06. The number of nitrogens with zero attached hydrogens (tertiary/aromatic N) is 2. The van der Waals surface area contributed by atoms with Crippen molar-refractivity contribution < 1.29 is 9.26 Å². The molecule has 2 rings (SSSR count). The van der Waals surface area contributed by atoms with Crippen LogP contribution in [0.5, 0.6) is 0 Å². The van der Waals surface area contributed by atoms with Crippen molar-refractivity contribution in [1.29, 1.82) is 0 Å². The van der Waals surface area contributed by atoms with Crippen LogP contribution in [-0.4, -0.2) is 16.7 Å². The van der Waals surface area contributed by atoms with Gasteiger partial charge in [0, 0.05) is 6.61 Å². The molecule has 1 aromatic rings. The molecule has 1 fully saturated rings. The van der Waals surface area contributed by atoms with Gasteiger partial charge in [0.1, 0.15) is 5.60 Å². The molecule has 0 amide bonds. The van der Waals surface area contributed by atoms with Crippen LogP contribution < -0.4 is 5.73 Å². The lowest BCUT2D eigenvalue weighted by Gasteiger charge is -2.24. The van der Waals surface area contributed by atoms with Gasteiger partial charge in [-0.15, -0.1) is 0 Å². The highest BCUT2D eigenvalue weighted by atomic mass is 16.5. The molecule has 1 aliphatic rings. The molecular weight excluding hydrogens is 230 g/mol. The molecule has 0 saturated heterocycles. The van der Waals surface area contributed by atoms with Crippen LogP contribution in [0.25, 0.3) is 0 Å². The first kappa shape index (κ1) is 13.5. The van der Waals surface area contributed by atoms with Gasteiger partial charge in [0.05, 0.1) is 6.04 Å². The first-order valence-electron chi connectivity index (χ1n) is 6.82. The molecule has 2 N–H and O–H groups in total. The summed E-state index contributed by atoms with van der Waals surface area (Å²) in [5, 5.41) is 4.10. The van der Waals surface area contributed by atoms with Crippen LogP contribution in [0.15, 0.2) is 4.52 Å². The third kappa shape index (κ3) is 2.42. The van der Waals surface area contributed by atoms with Crippen LogP contribution in [0.1, 0.15) is 64.2 Å². The van der Waals surface area contributed by atoms with Crippen molar-refractivity contribution in [2.45, 2.75) is 58.1 Å². The van der Waals surface area contributed by atoms with Crippen molar-refractivity contribution in [2.24, 2.45) is 11.7 Å². The molecule has 0 aromatic carbocycles. The summed E-state index contributed by atoms with van der Waals surface area (Å²) < 4.78 is 11.2. The average Bonchev–Trinajstić information content (AvgIpc) is 2.96. The third-order valence-corrected chi connectivity index (χ3v) is 3.68. The molecule has 0 radical (unpaired) electrons. The van der Waals surface area contributed by atoms with E-state index in [1.165, 1.54) is 0 Å². The van der Waals surface area contributed by atoms with E-state index in [4.69, 9.17) is 15.0 Å². The number of hydrogen-bond donors (Lipinski definition) is 1. The van der Waals surface area contributed by atoms with E-state index >= 15 is 0 Å². The Morgan fingerprint density at radius 1 is 1.39 bits per heavy atom. The third-order valence-electron chi connectivity index (χ3n) is 3.68. The van der Waals surface area contributed by atoms with Crippen LogP contribution >= 0.6 is 0 Å². The Morgan fingerprint density at radius 2 is 2.06 bits per heavy atom. The Kier molecular flexibility index (Phi) is 4.02. The highest BCUT2D eigenvalue weighted by Gasteiger charge is 2.41. The van der Waals surface area contributed by atoms with E-state index in [1.54, 1.807) is 0 Å². The predicted octanol–water partition coefficient (Wildman–Crippen LogP) is 2.53. The van der Waals surface area contributed by atoms with Gasteiger partial charge in [-0.1, -0.05) is 19.0 Å². The number of ether oxygens (including phenoxy) is 1. The Balaban J connectivity index is 2.22. The molecule has 5 heteroatoms. The zero-order valence-electron chi connectivity index (χ0n) is 11.5. The number of nitrogens with two attached hydrogens (primary N) is 1. The molecule has 1 unspecified atom stereocenters. The second-order valence-corrected chi connectivity index (χ2v) is 5.36. The number of aromatic nitrogens is 2. The Labute approximate surface area is 108 Å². The van der Waals surface area contributed by atoms with Crippen molar-refractivity contribution in [3.63, 3.8) is 0 Å². The summed E-state index contributed by atoms with van der Waals surface area (Å²) in [5.74, 6) is 1.48. The van der Waals surface area contributed by atoms with Crippen LogP contribution in [0.4, 0.5) is 0 Å². The summed E-state index contributed by atoms with van der Waals surface area (Å²) >= 11 is 0. The van der Waals surface area contributed by atoms with Gasteiger partial charge in [-0.05, 0) is 38.5 Å². The quantitative estimate of drug-likeness (QED) is 0.872. The van der Waals surface area contributed by atoms with Gasteiger partial charge in [-0.2, -0.15) is 4.98 Å². The zero-order chi connectivity index (χ0) is 13.2. The molecule has 1 atom stereocenters. The summed E-state index contributed by atoms with van der Waals surface area (Å²) in [4.78, 5) is 4.48. The van der Waals surface area contributed by atoms with Gasteiger partial charge >= 0.3 is 0 Å². The van der Waals surface area contributed by atoms with Gasteiger partial charge < -0.3 is 15.0 Å². The second-order valence-electron chi connectivity index (χ2n) is 5.36. The normalized spacial score (nSPS) is 20.5. The van der Waals surface area contributed by atoms with Crippen LogP contribution in [-0.2, 0) is 10.3 Å². The maximum absolute atomic E-state index is 6.03. The molecule has 102 valence electrons. The Bertz CT molecular complexity index is 383. The van der Waals surface area contributed by atoms with Gasteiger partial charge in [0.15, 0.2) is 0 Å². The van der Waals surface area contributed by atoms with Crippen molar-refractivity contribution in [1.82, 2.24) is 10.1 Å². The standard InChI is InChI=1S/C13H23N3O2/c1-4-17-13(7-5-6-8-13)12-15-11(18-16-12)10(14)9(2)3/h9-10H,4-8,14H2,1-3H3. The molecule has 1 heterocycles. The van der Waals surface area contributed by atoms with E-state index in [0.29, 0.717) is 18.3 Å². The van der Waals surface area contributed by atoms with Crippen molar-refractivity contribution in [3.05, 3.63) is 11.7 Å². The smallest absolute Gasteiger partial charge is 0.243 e. The van der Waals surface area contributed by atoms with E-state index in [1.807, 2.05) is 20.8 Å². The Hall–Kier alpha value is -0.940. The van der Waals surface area contributed by atoms with Gasteiger partial charge in [-0.3, -0.25) is 0 Å². The van der Waals surface area contributed by atoms with Crippen LogP contribution in [0, 0.1) is 5.92 Å².